The molecule has 13 heteroatoms. The van der Waals surface area contributed by atoms with Crippen molar-refractivity contribution in [2.45, 2.75) is 38.3 Å². The maximum atomic E-state index is 12.5. The number of carbonyl (C=O) groups is 2. The zero-order chi connectivity index (χ0) is 39.1. The number of amides is 1. The van der Waals surface area contributed by atoms with Gasteiger partial charge in [-0.3, -0.25) is 0 Å². The number of benzene rings is 4. The first-order chi connectivity index (χ1) is 27.1. The van der Waals surface area contributed by atoms with Gasteiger partial charge < -0.3 is 34.5 Å². The Morgan fingerprint density at radius 1 is 0.982 bits per heavy atom. The number of hydrogen-bond donors (Lipinski definition) is 3. The molecule has 286 valence electrons. The molecule has 0 spiro atoms. The number of halogens is 3. The summed E-state index contributed by atoms with van der Waals surface area (Å²) in [4.78, 5) is 37.4. The molecule has 2 aliphatic heterocycles. The first kappa shape index (κ1) is 37.5. The Hall–Kier alpha value is -5.42. The van der Waals surface area contributed by atoms with Crippen LogP contribution < -0.4 is 10.2 Å². The molecular weight excluding hydrogens is 771 g/mol. The normalized spacial score (nSPS) is 15.5. The summed E-state index contributed by atoms with van der Waals surface area (Å²) in [5.41, 5.74) is 7.70. The lowest BCUT2D eigenvalue weighted by atomic mass is 9.99. The van der Waals surface area contributed by atoms with Crippen LogP contribution in [0.4, 0.5) is 16.2 Å². The molecule has 6 aromatic rings. The minimum atomic E-state index is -1.04. The Bertz CT molecular complexity index is 2470. The van der Waals surface area contributed by atoms with E-state index in [0.717, 1.165) is 63.9 Å². The number of H-pyrrole nitrogens is 1. The van der Waals surface area contributed by atoms with Crippen LogP contribution in [0, 0.1) is 0 Å². The summed E-state index contributed by atoms with van der Waals surface area (Å²) in [6.45, 7) is 9.10. The minimum Gasteiger partial charge on any atom is -0.478 e. The van der Waals surface area contributed by atoms with Gasteiger partial charge >= 0.3 is 12.1 Å². The Morgan fingerprint density at radius 2 is 1.73 bits per heavy atom. The van der Waals surface area contributed by atoms with Gasteiger partial charge in [-0.05, 0) is 74.2 Å². The second-order valence-electron chi connectivity index (χ2n) is 14.1. The number of anilines is 2. The highest BCUT2D eigenvalue weighted by Gasteiger charge is 2.32. The molecule has 4 heterocycles. The lowest BCUT2D eigenvalue weighted by molar-refractivity contribution is 0.0499. The number of fused-ring (bicyclic) bond motifs is 1. The van der Waals surface area contributed by atoms with E-state index in [0.29, 0.717) is 58.4 Å². The van der Waals surface area contributed by atoms with Crippen molar-refractivity contribution in [3.05, 3.63) is 130 Å². The van der Waals surface area contributed by atoms with E-state index < -0.39 is 5.97 Å². The number of aromatic nitrogens is 3. The SMILES string of the molecule is C=C(Nc1cc(C(=O)O)ccc1N1CCC(N2CCCOC2=O)CC1)c1[nH]c2cc(Cl)ccc2c1-c1c(-c2ccccc2)ncn1[C@@H](C)c1ccc(Cl)cc1Cl. The van der Waals surface area contributed by atoms with E-state index in [1.54, 1.807) is 18.2 Å². The molecule has 10 nitrogen and oxygen atoms in total. The number of rotatable bonds is 10. The Morgan fingerprint density at radius 3 is 2.46 bits per heavy atom. The van der Waals surface area contributed by atoms with E-state index in [9.17, 15) is 14.7 Å². The number of piperidine rings is 1. The molecule has 2 saturated heterocycles. The molecule has 1 amide bonds. The molecule has 0 aliphatic carbocycles. The zero-order valence-corrected chi connectivity index (χ0v) is 32.8. The number of ether oxygens (including phenoxy) is 1. The zero-order valence-electron chi connectivity index (χ0n) is 30.6. The summed E-state index contributed by atoms with van der Waals surface area (Å²) in [5, 5.41) is 16.1. The van der Waals surface area contributed by atoms with Gasteiger partial charge in [0.15, 0.2) is 0 Å². The number of carboxylic acids is 1. The molecule has 1 atom stereocenters. The summed E-state index contributed by atoms with van der Waals surface area (Å²) in [6, 6.07) is 26.1. The van der Waals surface area contributed by atoms with Gasteiger partial charge in [-0.15, -0.1) is 0 Å². The number of carboxylic acid groups (broad SMARTS) is 1. The van der Waals surface area contributed by atoms with Crippen molar-refractivity contribution < 1.29 is 19.4 Å². The van der Waals surface area contributed by atoms with Crippen LogP contribution in [0.15, 0.2) is 97.8 Å². The third kappa shape index (κ3) is 7.20. The number of hydrogen-bond acceptors (Lipinski definition) is 6. The predicted molar refractivity (Wildman–Crippen MR) is 224 cm³/mol. The highest BCUT2D eigenvalue weighted by atomic mass is 35.5. The number of nitrogens with one attached hydrogen (secondary N) is 2. The molecule has 0 radical (unpaired) electrons. The van der Waals surface area contributed by atoms with Crippen molar-refractivity contribution in [1.29, 1.82) is 0 Å². The third-order valence-electron chi connectivity index (χ3n) is 10.7. The van der Waals surface area contributed by atoms with Gasteiger partial charge in [0, 0.05) is 62.8 Å². The molecule has 2 aromatic heterocycles. The van der Waals surface area contributed by atoms with Gasteiger partial charge in [0.05, 0.1) is 58.7 Å². The van der Waals surface area contributed by atoms with Crippen LogP contribution >= 0.6 is 34.8 Å². The molecule has 0 bridgehead atoms. The smallest absolute Gasteiger partial charge is 0.410 e. The van der Waals surface area contributed by atoms with Crippen molar-refractivity contribution in [1.82, 2.24) is 19.4 Å². The van der Waals surface area contributed by atoms with E-state index in [2.05, 4.69) is 33.3 Å². The standard InChI is InChI=1S/C43H39Cl3N6O4/c1-25(48-36-21-28(42(53)54)9-14-37(36)50-18-15-31(16-19-50)51-17-6-20-56-43(51)55)39-38(33-13-11-30(45)23-35(33)49-39)41-40(27-7-4-3-5-8-27)47-24-52(41)26(2)32-12-10-29(44)22-34(32)46/h3-5,7-14,21-24,26,31,48-49H,1,6,15-20H2,2H3,(H,53,54)/t26-/m0/s1. The van der Waals surface area contributed by atoms with Crippen molar-refractivity contribution in [2.24, 2.45) is 0 Å². The van der Waals surface area contributed by atoms with Gasteiger partial charge in [0.2, 0.25) is 0 Å². The van der Waals surface area contributed by atoms with E-state index in [4.69, 9.17) is 44.5 Å². The first-order valence-corrected chi connectivity index (χ1v) is 19.6. The van der Waals surface area contributed by atoms with Crippen molar-refractivity contribution in [2.75, 3.05) is 36.5 Å². The molecule has 0 unspecified atom stereocenters. The van der Waals surface area contributed by atoms with Crippen LogP contribution in [-0.2, 0) is 4.74 Å². The summed E-state index contributed by atoms with van der Waals surface area (Å²) < 4.78 is 7.42. The Labute approximate surface area is 339 Å². The third-order valence-corrected chi connectivity index (χ3v) is 11.5. The lowest BCUT2D eigenvalue weighted by Crippen LogP contribution is -2.50. The molecule has 8 rings (SSSR count). The highest BCUT2D eigenvalue weighted by Crippen LogP contribution is 2.44. The minimum absolute atomic E-state index is 0.0817. The van der Waals surface area contributed by atoms with Crippen LogP contribution in [0.2, 0.25) is 15.1 Å². The van der Waals surface area contributed by atoms with Crippen molar-refractivity contribution >= 4 is 74.8 Å². The molecule has 0 saturated carbocycles. The quantitative estimate of drug-likeness (QED) is 0.126. The largest absolute Gasteiger partial charge is 0.478 e. The monoisotopic (exact) mass is 808 g/mol. The number of carbonyl (C=O) groups excluding carboxylic acids is 1. The van der Waals surface area contributed by atoms with E-state index in [-0.39, 0.29) is 23.7 Å². The molecule has 2 fully saturated rings. The molecular formula is C43H39Cl3N6O4. The van der Waals surface area contributed by atoms with Crippen LogP contribution in [0.3, 0.4) is 0 Å². The fraction of sp³-hybridized carbons (Fsp3) is 0.233. The second-order valence-corrected chi connectivity index (χ2v) is 15.4. The number of nitrogens with zero attached hydrogens (tertiary/aromatic N) is 4. The molecule has 4 aromatic carbocycles. The van der Waals surface area contributed by atoms with E-state index in [1.165, 1.54) is 0 Å². The van der Waals surface area contributed by atoms with Gasteiger partial charge in [-0.2, -0.15) is 0 Å². The lowest BCUT2D eigenvalue weighted by Gasteiger charge is -2.40. The average Bonchev–Trinajstić information content (AvgIpc) is 3.80. The summed E-state index contributed by atoms with van der Waals surface area (Å²) in [7, 11) is 0. The molecule has 56 heavy (non-hydrogen) atoms. The van der Waals surface area contributed by atoms with E-state index in [1.807, 2.05) is 78.0 Å². The molecule has 2 aliphatic rings. The van der Waals surface area contributed by atoms with Crippen LogP contribution in [0.5, 0.6) is 0 Å². The number of cyclic esters (lactones) is 1. The average molecular weight is 810 g/mol. The fourth-order valence-electron chi connectivity index (χ4n) is 7.93. The van der Waals surface area contributed by atoms with Crippen LogP contribution in [0.25, 0.3) is 39.1 Å². The van der Waals surface area contributed by atoms with Gasteiger partial charge in [0.25, 0.3) is 0 Å². The van der Waals surface area contributed by atoms with Crippen molar-refractivity contribution in [3.63, 3.8) is 0 Å². The second kappa shape index (κ2) is 15.6. The van der Waals surface area contributed by atoms with Gasteiger partial charge in [-0.25, -0.2) is 14.6 Å². The number of aromatic amines is 1. The maximum absolute atomic E-state index is 12.5. The van der Waals surface area contributed by atoms with E-state index >= 15 is 0 Å². The highest BCUT2D eigenvalue weighted by molar-refractivity contribution is 6.35. The summed E-state index contributed by atoms with van der Waals surface area (Å²) in [5.74, 6) is -1.04. The first-order valence-electron chi connectivity index (χ1n) is 18.5. The van der Waals surface area contributed by atoms with Gasteiger partial charge in [-0.1, -0.05) is 83.8 Å². The van der Waals surface area contributed by atoms with Crippen molar-refractivity contribution in [3.8, 4) is 22.5 Å². The maximum Gasteiger partial charge on any atom is 0.410 e. The Balaban J connectivity index is 1.22. The number of imidazole rings is 1. The Kier molecular flexibility index (Phi) is 10.5. The topological polar surface area (TPSA) is 116 Å². The fourth-order valence-corrected chi connectivity index (χ4v) is 8.67. The summed E-state index contributed by atoms with van der Waals surface area (Å²) >= 11 is 19.7. The predicted octanol–water partition coefficient (Wildman–Crippen LogP) is 10.9. The van der Waals surface area contributed by atoms with Crippen LogP contribution in [-0.4, -0.2) is 68.9 Å². The number of aromatic carboxylic acids is 1. The van der Waals surface area contributed by atoms with Gasteiger partial charge in [0.1, 0.15) is 0 Å². The summed E-state index contributed by atoms with van der Waals surface area (Å²) in [6.07, 6.45) is 3.90. The van der Waals surface area contributed by atoms with Crippen LogP contribution in [0.1, 0.15) is 53.8 Å². The molecule has 3 N–H and O–H groups in total.